The Bertz CT molecular complexity index is 1270. The predicted octanol–water partition coefficient (Wildman–Crippen LogP) is 5.86. The van der Waals surface area contributed by atoms with Crippen molar-refractivity contribution in [1.82, 2.24) is 14.7 Å². The number of hydrogen-bond acceptors (Lipinski definition) is 4. The molecule has 4 heteroatoms. The molecule has 1 saturated heterocycles. The Hall–Kier alpha value is -3.73. The van der Waals surface area contributed by atoms with Crippen LogP contribution < -0.4 is 0 Å². The van der Waals surface area contributed by atoms with Crippen LogP contribution in [-0.4, -0.2) is 52.4 Å². The van der Waals surface area contributed by atoms with Crippen molar-refractivity contribution in [2.75, 3.05) is 26.2 Å². The van der Waals surface area contributed by atoms with Crippen molar-refractivity contribution in [3.63, 3.8) is 0 Å². The maximum absolute atomic E-state index is 5.31. The Morgan fingerprint density at radius 2 is 0.921 bits per heavy atom. The molecule has 0 aromatic heterocycles. The third-order valence-electron chi connectivity index (χ3n) is 7.92. The number of aliphatic imine (C=N–C) groups is 1. The number of nitrogens with zero attached hydrogens (tertiary/aromatic N) is 4. The number of hydrogen-bond donors (Lipinski definition) is 0. The molecular weight excluding hydrogens is 464 g/mol. The first kappa shape index (κ1) is 24.6. The molecule has 1 fully saturated rings. The Morgan fingerprint density at radius 1 is 0.500 bits per heavy atom. The molecule has 2 heterocycles. The fourth-order valence-electron chi connectivity index (χ4n) is 6.12. The summed E-state index contributed by atoms with van der Waals surface area (Å²) >= 11 is 0. The molecule has 192 valence electrons. The highest BCUT2D eigenvalue weighted by molar-refractivity contribution is 5.93. The second-order valence-electron chi connectivity index (χ2n) is 10.4. The van der Waals surface area contributed by atoms with Crippen molar-refractivity contribution in [2.45, 2.75) is 31.7 Å². The van der Waals surface area contributed by atoms with E-state index in [1.807, 2.05) is 0 Å². The first-order valence-corrected chi connectivity index (χ1v) is 13.8. The summed E-state index contributed by atoms with van der Waals surface area (Å²) in [4.78, 5) is 13.2. The van der Waals surface area contributed by atoms with E-state index in [9.17, 15) is 0 Å². The molecule has 0 amide bonds. The average molecular weight is 501 g/mol. The summed E-state index contributed by atoms with van der Waals surface area (Å²) < 4.78 is 0. The van der Waals surface area contributed by atoms with Crippen molar-refractivity contribution in [3.8, 4) is 0 Å². The average Bonchev–Trinajstić information content (AvgIpc) is 3.56. The summed E-state index contributed by atoms with van der Waals surface area (Å²) in [6, 6.07) is 43.7. The lowest BCUT2D eigenvalue weighted by atomic mass is 9.93. The zero-order valence-corrected chi connectivity index (χ0v) is 22.0. The molecule has 0 saturated carbocycles. The molecule has 0 aliphatic carbocycles. The molecule has 0 unspecified atom stereocenters. The van der Waals surface area contributed by atoms with Crippen molar-refractivity contribution >= 4 is 5.84 Å². The molecule has 0 atom stereocenters. The molecule has 0 spiro atoms. The fraction of sp³-hybridized carbons (Fsp3) is 0.265. The molecule has 2 aliphatic rings. The summed E-state index contributed by atoms with van der Waals surface area (Å²) in [6.45, 7) is 6.50. The van der Waals surface area contributed by atoms with Gasteiger partial charge in [0, 0.05) is 45.7 Å². The van der Waals surface area contributed by atoms with Crippen LogP contribution in [0.15, 0.2) is 126 Å². The Balaban J connectivity index is 1.44. The quantitative estimate of drug-likeness (QED) is 0.288. The van der Waals surface area contributed by atoms with E-state index in [1.165, 1.54) is 28.1 Å². The number of rotatable bonds is 9. The second-order valence-corrected chi connectivity index (χ2v) is 10.4. The van der Waals surface area contributed by atoms with Gasteiger partial charge in [0.15, 0.2) is 0 Å². The first-order valence-electron chi connectivity index (χ1n) is 13.8. The van der Waals surface area contributed by atoms with Gasteiger partial charge in [-0.2, -0.15) is 0 Å². The van der Waals surface area contributed by atoms with E-state index >= 15 is 0 Å². The van der Waals surface area contributed by atoms with Gasteiger partial charge in [0.25, 0.3) is 0 Å². The Labute approximate surface area is 226 Å². The van der Waals surface area contributed by atoms with Crippen LogP contribution in [-0.2, 0) is 26.1 Å². The van der Waals surface area contributed by atoms with Crippen LogP contribution in [0.5, 0.6) is 0 Å². The van der Waals surface area contributed by atoms with Crippen molar-refractivity contribution in [1.29, 1.82) is 0 Å². The van der Waals surface area contributed by atoms with Crippen LogP contribution in [0.25, 0.3) is 0 Å². The highest BCUT2D eigenvalue weighted by Gasteiger charge is 2.53. The first-order chi connectivity index (χ1) is 18.8. The monoisotopic (exact) mass is 500 g/mol. The van der Waals surface area contributed by atoms with Crippen LogP contribution >= 0.6 is 0 Å². The van der Waals surface area contributed by atoms with Gasteiger partial charge >= 0.3 is 0 Å². The lowest BCUT2D eigenvalue weighted by Gasteiger charge is -2.47. The maximum Gasteiger partial charge on any atom is 0.138 e. The summed E-state index contributed by atoms with van der Waals surface area (Å²) in [5, 5.41) is 0. The van der Waals surface area contributed by atoms with Gasteiger partial charge in [-0.15, -0.1) is 0 Å². The molecule has 4 aromatic carbocycles. The Kier molecular flexibility index (Phi) is 7.34. The SMILES string of the molecule is c1ccc(CN2CCN=C2C2(Cc3ccccc3)N(Cc3ccccc3)CCN2Cc2ccccc2)cc1. The molecule has 0 radical (unpaired) electrons. The normalized spacial score (nSPS) is 17.6. The smallest absolute Gasteiger partial charge is 0.138 e. The van der Waals surface area contributed by atoms with Gasteiger partial charge in [-0.1, -0.05) is 121 Å². The fourth-order valence-corrected chi connectivity index (χ4v) is 6.12. The Morgan fingerprint density at radius 3 is 1.39 bits per heavy atom. The molecule has 2 aliphatic heterocycles. The third kappa shape index (κ3) is 5.15. The van der Waals surface area contributed by atoms with E-state index < -0.39 is 0 Å². The van der Waals surface area contributed by atoms with Crippen LogP contribution in [0.3, 0.4) is 0 Å². The van der Waals surface area contributed by atoms with Gasteiger partial charge in [0.2, 0.25) is 0 Å². The minimum atomic E-state index is -0.335. The van der Waals surface area contributed by atoms with E-state index in [1.54, 1.807) is 0 Å². The summed E-state index contributed by atoms with van der Waals surface area (Å²) in [7, 11) is 0. The third-order valence-corrected chi connectivity index (χ3v) is 7.92. The van der Waals surface area contributed by atoms with Crippen LogP contribution in [0.1, 0.15) is 22.3 Å². The van der Waals surface area contributed by atoms with Gasteiger partial charge in [-0.25, -0.2) is 0 Å². The molecule has 38 heavy (non-hydrogen) atoms. The van der Waals surface area contributed by atoms with Gasteiger partial charge in [0.1, 0.15) is 11.5 Å². The lowest BCUT2D eigenvalue weighted by Crippen LogP contribution is -2.63. The van der Waals surface area contributed by atoms with Crippen LogP contribution in [0.2, 0.25) is 0 Å². The number of amidine groups is 1. The molecular formula is C34H36N4. The standard InChI is InChI=1S/C34H36N4/c1-5-13-29(14-6-1)25-34(33-35-21-22-36(33)26-30-15-7-2-8-16-30)37(27-31-17-9-3-10-18-31)23-24-38(34)28-32-19-11-4-12-20-32/h1-20H,21-28H2. The second kappa shape index (κ2) is 11.3. The van der Waals surface area contributed by atoms with E-state index in [2.05, 4.69) is 136 Å². The van der Waals surface area contributed by atoms with Crippen LogP contribution in [0.4, 0.5) is 0 Å². The highest BCUT2D eigenvalue weighted by Crippen LogP contribution is 2.38. The van der Waals surface area contributed by atoms with Crippen molar-refractivity contribution in [2.24, 2.45) is 4.99 Å². The molecule has 4 aromatic rings. The van der Waals surface area contributed by atoms with Crippen LogP contribution in [0, 0.1) is 0 Å². The van der Waals surface area contributed by atoms with Gasteiger partial charge < -0.3 is 4.90 Å². The minimum absolute atomic E-state index is 0.335. The summed E-state index contributed by atoms with van der Waals surface area (Å²) in [5.41, 5.74) is 5.04. The molecule has 0 bridgehead atoms. The lowest BCUT2D eigenvalue weighted by molar-refractivity contribution is 0.0564. The van der Waals surface area contributed by atoms with Crippen molar-refractivity contribution < 1.29 is 0 Å². The predicted molar refractivity (Wildman–Crippen MR) is 156 cm³/mol. The maximum atomic E-state index is 5.31. The van der Waals surface area contributed by atoms with Crippen molar-refractivity contribution in [3.05, 3.63) is 144 Å². The zero-order chi connectivity index (χ0) is 25.6. The van der Waals surface area contributed by atoms with Gasteiger partial charge in [-0.05, 0) is 22.3 Å². The summed E-state index contributed by atoms with van der Waals surface area (Å²) in [5.74, 6) is 1.22. The largest absolute Gasteiger partial charge is 0.351 e. The summed E-state index contributed by atoms with van der Waals surface area (Å²) in [6.07, 6.45) is 0.900. The molecule has 0 N–H and O–H groups in total. The number of benzene rings is 4. The van der Waals surface area contributed by atoms with Gasteiger partial charge in [-0.3, -0.25) is 14.8 Å². The highest BCUT2D eigenvalue weighted by atomic mass is 15.5. The van der Waals surface area contributed by atoms with E-state index in [0.29, 0.717) is 0 Å². The topological polar surface area (TPSA) is 22.1 Å². The van der Waals surface area contributed by atoms with E-state index in [0.717, 1.165) is 52.2 Å². The minimum Gasteiger partial charge on any atom is -0.351 e. The zero-order valence-electron chi connectivity index (χ0n) is 22.0. The molecule has 4 nitrogen and oxygen atoms in total. The van der Waals surface area contributed by atoms with E-state index in [-0.39, 0.29) is 5.66 Å². The molecule has 6 rings (SSSR count). The van der Waals surface area contributed by atoms with Gasteiger partial charge in [0.05, 0.1) is 6.54 Å². The van der Waals surface area contributed by atoms with E-state index in [4.69, 9.17) is 4.99 Å².